The van der Waals surface area contributed by atoms with Gasteiger partial charge in [-0.2, -0.15) is 13.2 Å². The van der Waals surface area contributed by atoms with E-state index in [0.29, 0.717) is 32.4 Å². The third-order valence-corrected chi connectivity index (χ3v) is 7.83. The van der Waals surface area contributed by atoms with Gasteiger partial charge in [-0.1, -0.05) is 70.6 Å². The van der Waals surface area contributed by atoms with Crippen molar-refractivity contribution >= 4 is 23.7 Å². The number of carboxylic acid groups (broad SMARTS) is 1. The molecule has 11 nitrogen and oxygen atoms in total. The van der Waals surface area contributed by atoms with Gasteiger partial charge in [0.05, 0.1) is 6.61 Å². The SMILES string of the molecule is NCCCCCCCCCCC(=O)N[C@@H](CO)C(=O)N[C@@H](CCCCN)C(=O)NCCCC1CCCCC1.O=C(O)C(F)(F)F. The number of aliphatic hydroxyl groups is 1. The van der Waals surface area contributed by atoms with Gasteiger partial charge in [0.1, 0.15) is 12.1 Å². The van der Waals surface area contributed by atoms with Crippen molar-refractivity contribution in [3.8, 4) is 0 Å². The number of rotatable bonds is 23. The number of carboxylic acids is 1. The van der Waals surface area contributed by atoms with Crippen molar-refractivity contribution in [2.75, 3.05) is 26.2 Å². The van der Waals surface area contributed by atoms with E-state index in [2.05, 4.69) is 16.0 Å². The predicted molar refractivity (Wildman–Crippen MR) is 167 cm³/mol. The van der Waals surface area contributed by atoms with Crippen LogP contribution >= 0.6 is 0 Å². The fourth-order valence-corrected chi connectivity index (χ4v) is 5.19. The van der Waals surface area contributed by atoms with Gasteiger partial charge < -0.3 is 37.6 Å². The lowest BCUT2D eigenvalue weighted by Crippen LogP contribution is -2.55. The van der Waals surface area contributed by atoms with Crippen molar-refractivity contribution in [1.29, 1.82) is 0 Å². The molecule has 1 aliphatic carbocycles. The molecule has 1 aliphatic rings. The highest BCUT2D eigenvalue weighted by Crippen LogP contribution is 2.27. The first kappa shape index (κ1) is 42.6. The van der Waals surface area contributed by atoms with Crippen LogP contribution in [0, 0.1) is 5.92 Å². The lowest BCUT2D eigenvalue weighted by molar-refractivity contribution is -0.192. The van der Waals surface area contributed by atoms with E-state index in [-0.39, 0.29) is 11.8 Å². The van der Waals surface area contributed by atoms with Gasteiger partial charge in [-0.05, 0) is 64.0 Å². The summed E-state index contributed by atoms with van der Waals surface area (Å²) in [5, 5.41) is 25.2. The average molecular weight is 654 g/mol. The van der Waals surface area contributed by atoms with Crippen LogP contribution in [-0.2, 0) is 19.2 Å². The molecule has 2 atom stereocenters. The Morgan fingerprint density at radius 3 is 1.80 bits per heavy atom. The summed E-state index contributed by atoms with van der Waals surface area (Å²) >= 11 is 0. The zero-order valence-corrected chi connectivity index (χ0v) is 26.8. The maximum Gasteiger partial charge on any atom is 0.490 e. The van der Waals surface area contributed by atoms with Crippen LogP contribution in [0.5, 0.6) is 0 Å². The highest BCUT2D eigenvalue weighted by atomic mass is 19.4. The highest BCUT2D eigenvalue weighted by molar-refractivity contribution is 5.92. The molecular formula is C31H58F3N5O6. The molecule has 264 valence electrons. The number of nitrogens with two attached hydrogens (primary N) is 2. The lowest BCUT2D eigenvalue weighted by Gasteiger charge is -2.23. The molecule has 0 saturated heterocycles. The summed E-state index contributed by atoms with van der Waals surface area (Å²) in [7, 11) is 0. The van der Waals surface area contributed by atoms with E-state index in [1.165, 1.54) is 51.4 Å². The van der Waals surface area contributed by atoms with Gasteiger partial charge in [0.2, 0.25) is 17.7 Å². The number of hydrogen-bond donors (Lipinski definition) is 7. The fraction of sp³-hybridized carbons (Fsp3) is 0.871. The number of carbonyl (C=O) groups excluding carboxylic acids is 3. The van der Waals surface area contributed by atoms with Crippen LogP contribution in [0.15, 0.2) is 0 Å². The van der Waals surface area contributed by atoms with Crippen LogP contribution in [0.2, 0.25) is 0 Å². The fourth-order valence-electron chi connectivity index (χ4n) is 5.19. The summed E-state index contributed by atoms with van der Waals surface area (Å²) < 4.78 is 31.7. The molecule has 14 heteroatoms. The number of nitrogens with one attached hydrogen (secondary N) is 3. The Morgan fingerprint density at radius 2 is 1.27 bits per heavy atom. The maximum atomic E-state index is 12.8. The Balaban J connectivity index is 0.00000246. The molecule has 0 radical (unpaired) electrons. The Labute approximate surface area is 266 Å². The molecule has 0 aromatic carbocycles. The largest absolute Gasteiger partial charge is 0.490 e. The zero-order valence-electron chi connectivity index (χ0n) is 26.8. The Kier molecular flexibility index (Phi) is 25.3. The Bertz CT molecular complexity index is 813. The maximum absolute atomic E-state index is 12.8. The molecule has 9 N–H and O–H groups in total. The van der Waals surface area contributed by atoms with Crippen LogP contribution in [0.1, 0.15) is 122 Å². The molecule has 1 fully saturated rings. The van der Waals surface area contributed by atoms with Gasteiger partial charge in [-0.3, -0.25) is 14.4 Å². The normalized spacial score (nSPS) is 14.9. The minimum Gasteiger partial charge on any atom is -0.475 e. The van der Waals surface area contributed by atoms with Gasteiger partial charge in [0.15, 0.2) is 0 Å². The van der Waals surface area contributed by atoms with E-state index in [1.807, 2.05) is 0 Å². The lowest BCUT2D eigenvalue weighted by atomic mass is 9.86. The van der Waals surface area contributed by atoms with Crippen LogP contribution in [0.25, 0.3) is 0 Å². The third-order valence-electron chi connectivity index (χ3n) is 7.83. The molecule has 0 aromatic rings. The number of carbonyl (C=O) groups is 4. The minimum atomic E-state index is -5.08. The molecule has 0 unspecified atom stereocenters. The third kappa shape index (κ3) is 23.5. The quantitative estimate of drug-likeness (QED) is 0.0811. The van der Waals surface area contributed by atoms with E-state index in [9.17, 15) is 32.7 Å². The molecule has 3 amide bonds. The molecular weight excluding hydrogens is 595 g/mol. The van der Waals surface area contributed by atoms with E-state index >= 15 is 0 Å². The van der Waals surface area contributed by atoms with E-state index in [0.717, 1.165) is 63.8 Å². The monoisotopic (exact) mass is 653 g/mol. The van der Waals surface area contributed by atoms with Crippen molar-refractivity contribution in [2.45, 2.75) is 140 Å². The van der Waals surface area contributed by atoms with Crippen molar-refractivity contribution in [2.24, 2.45) is 17.4 Å². The van der Waals surface area contributed by atoms with Crippen molar-refractivity contribution < 1.29 is 42.6 Å². The number of amides is 3. The van der Waals surface area contributed by atoms with Crippen LogP contribution in [0.3, 0.4) is 0 Å². The first-order chi connectivity index (χ1) is 21.5. The molecule has 0 aromatic heterocycles. The first-order valence-corrected chi connectivity index (χ1v) is 16.6. The van der Waals surface area contributed by atoms with Gasteiger partial charge in [-0.25, -0.2) is 4.79 Å². The number of halogens is 3. The molecule has 1 saturated carbocycles. The minimum absolute atomic E-state index is 0.218. The predicted octanol–water partition coefficient (Wildman–Crippen LogP) is 3.66. The average Bonchev–Trinajstić information content (AvgIpc) is 3.00. The van der Waals surface area contributed by atoms with E-state index in [4.69, 9.17) is 21.4 Å². The van der Waals surface area contributed by atoms with Crippen molar-refractivity contribution in [3.63, 3.8) is 0 Å². The number of aliphatic hydroxyl groups excluding tert-OH is 1. The van der Waals surface area contributed by atoms with Crippen molar-refractivity contribution in [1.82, 2.24) is 16.0 Å². The second kappa shape index (κ2) is 26.7. The number of alkyl halides is 3. The summed E-state index contributed by atoms with van der Waals surface area (Å²) in [5.74, 6) is -3.00. The zero-order chi connectivity index (χ0) is 33.9. The standard InChI is InChI=1S/C29H57N5O4.C2HF3O2/c30-20-12-6-4-2-1-3-5-10-19-27(36)33-26(23-35)29(38)34-25(18-11-13-21-31)28(37)32-22-14-17-24-15-8-7-9-16-24;3-2(4,5)1(6)7/h24-26,35H,1-23,30-31H2,(H,32,37)(H,33,36)(H,34,38);(H,6,7)/t25-,26-;/m0./s1. The molecule has 1 rings (SSSR count). The number of unbranched alkanes of at least 4 members (excludes halogenated alkanes) is 8. The topological polar surface area (TPSA) is 197 Å². The Hall–Kier alpha value is -2.45. The van der Waals surface area contributed by atoms with E-state index in [1.54, 1.807) is 0 Å². The summed E-state index contributed by atoms with van der Waals surface area (Å²) in [6, 6.07) is -1.78. The number of hydrogen-bond acceptors (Lipinski definition) is 7. The second-order valence-corrected chi connectivity index (χ2v) is 11.8. The molecule has 0 spiro atoms. The van der Waals surface area contributed by atoms with Gasteiger partial charge >= 0.3 is 12.1 Å². The van der Waals surface area contributed by atoms with Crippen LogP contribution in [0.4, 0.5) is 13.2 Å². The van der Waals surface area contributed by atoms with Gasteiger partial charge in [-0.15, -0.1) is 0 Å². The van der Waals surface area contributed by atoms with Gasteiger partial charge in [0.25, 0.3) is 0 Å². The molecule has 0 heterocycles. The summed E-state index contributed by atoms with van der Waals surface area (Å²) in [5.41, 5.74) is 11.1. The summed E-state index contributed by atoms with van der Waals surface area (Å²) in [6.45, 7) is 1.35. The van der Waals surface area contributed by atoms with E-state index < -0.39 is 36.7 Å². The van der Waals surface area contributed by atoms with Crippen LogP contribution in [-0.4, -0.2) is 78.4 Å². The van der Waals surface area contributed by atoms with Crippen LogP contribution < -0.4 is 27.4 Å². The highest BCUT2D eigenvalue weighted by Gasteiger charge is 2.38. The first-order valence-electron chi connectivity index (χ1n) is 16.6. The molecule has 0 bridgehead atoms. The summed E-state index contributed by atoms with van der Waals surface area (Å²) in [4.78, 5) is 46.9. The molecule has 45 heavy (non-hydrogen) atoms. The second-order valence-electron chi connectivity index (χ2n) is 11.8. The number of aliphatic carboxylic acids is 1. The summed E-state index contributed by atoms with van der Waals surface area (Å²) in [6.07, 6.45) is 14.4. The molecule has 0 aliphatic heterocycles. The Morgan fingerprint density at radius 1 is 0.733 bits per heavy atom. The van der Waals surface area contributed by atoms with Crippen molar-refractivity contribution in [3.05, 3.63) is 0 Å². The smallest absolute Gasteiger partial charge is 0.475 e. The van der Waals surface area contributed by atoms with Gasteiger partial charge in [0, 0.05) is 13.0 Å².